The summed E-state index contributed by atoms with van der Waals surface area (Å²) in [6, 6.07) is 4.51. The van der Waals surface area contributed by atoms with Gasteiger partial charge in [-0.05, 0) is 55.4 Å². The van der Waals surface area contributed by atoms with E-state index in [1.54, 1.807) is 4.50 Å². The first-order valence-electron chi connectivity index (χ1n) is 5.35. The molecule has 0 aliphatic carbocycles. The lowest BCUT2D eigenvalue weighted by molar-refractivity contribution is 1.62. The monoisotopic (exact) mass is 408 g/mol. The van der Waals surface area contributed by atoms with Gasteiger partial charge in [0.1, 0.15) is 0 Å². The zero-order valence-corrected chi connectivity index (χ0v) is 16.0. The largest absolute Gasteiger partial charge is 0.143 e. The van der Waals surface area contributed by atoms with Crippen molar-refractivity contribution in [1.82, 2.24) is 0 Å². The lowest BCUT2D eigenvalue weighted by Gasteiger charge is -2.12. The van der Waals surface area contributed by atoms with Crippen LogP contribution in [-0.2, 0) is 0 Å². The number of rotatable bonds is 2. The third-order valence-corrected chi connectivity index (χ3v) is 10.1. The molecular formula is C12H14Br2S2Si. The summed E-state index contributed by atoms with van der Waals surface area (Å²) in [6.45, 7) is 9.33. The van der Waals surface area contributed by atoms with Gasteiger partial charge in [0.05, 0.1) is 17.8 Å². The van der Waals surface area contributed by atoms with Gasteiger partial charge in [-0.3, -0.25) is 0 Å². The minimum atomic E-state index is -1.21. The van der Waals surface area contributed by atoms with E-state index in [1.165, 1.54) is 23.6 Å². The molecule has 0 unspecified atom stereocenters. The Bertz CT molecular complexity index is 549. The van der Waals surface area contributed by atoms with Crippen molar-refractivity contribution in [3.8, 4) is 9.75 Å². The molecule has 2 rings (SSSR count). The van der Waals surface area contributed by atoms with Crippen LogP contribution >= 0.6 is 54.5 Å². The summed E-state index contributed by atoms with van der Waals surface area (Å²) in [4.78, 5) is 4.07. The molecule has 0 aliphatic rings. The summed E-state index contributed by atoms with van der Waals surface area (Å²) in [5, 5.41) is 0. The van der Waals surface area contributed by atoms with E-state index in [1.807, 2.05) is 22.7 Å². The summed E-state index contributed by atoms with van der Waals surface area (Å²) < 4.78 is 4.00. The average molecular weight is 410 g/mol. The summed E-state index contributed by atoms with van der Waals surface area (Å²) >= 11 is 11.2. The molecule has 0 radical (unpaired) electrons. The highest BCUT2D eigenvalue weighted by molar-refractivity contribution is 9.11. The average Bonchev–Trinajstić information content (AvgIpc) is 2.68. The van der Waals surface area contributed by atoms with Gasteiger partial charge in [0, 0.05) is 13.8 Å². The predicted molar refractivity (Wildman–Crippen MR) is 90.7 cm³/mol. The summed E-state index contributed by atoms with van der Waals surface area (Å²) in [5.41, 5.74) is 0. The third kappa shape index (κ3) is 2.95. The molecule has 5 heteroatoms. The Morgan fingerprint density at radius 3 is 1.88 bits per heavy atom. The van der Waals surface area contributed by atoms with Gasteiger partial charge in [-0.1, -0.05) is 19.6 Å². The molecule has 2 heterocycles. The fraction of sp³-hybridized carbons (Fsp3) is 0.333. The Hall–Kier alpha value is 0.577. The van der Waals surface area contributed by atoms with Crippen LogP contribution in [0.4, 0.5) is 0 Å². The van der Waals surface area contributed by atoms with Crippen molar-refractivity contribution >= 4 is 67.1 Å². The number of hydrogen-bond donors (Lipinski definition) is 0. The third-order valence-electron chi connectivity index (χ3n) is 2.44. The van der Waals surface area contributed by atoms with Crippen LogP contribution in [0.15, 0.2) is 21.1 Å². The van der Waals surface area contributed by atoms with Crippen molar-refractivity contribution in [3.05, 3.63) is 26.0 Å². The quantitative estimate of drug-likeness (QED) is 0.545. The minimum Gasteiger partial charge on any atom is -0.143 e. The second kappa shape index (κ2) is 4.93. The van der Waals surface area contributed by atoms with E-state index < -0.39 is 8.07 Å². The fourth-order valence-corrected chi connectivity index (χ4v) is 7.73. The molecule has 0 aromatic carbocycles. The molecule has 2 aromatic heterocycles. The highest BCUT2D eigenvalue weighted by Crippen LogP contribution is 2.42. The molecule has 2 aromatic rings. The van der Waals surface area contributed by atoms with Crippen LogP contribution in [0, 0.1) is 6.92 Å². The molecule has 0 aliphatic heterocycles. The van der Waals surface area contributed by atoms with E-state index >= 15 is 0 Å². The van der Waals surface area contributed by atoms with Gasteiger partial charge < -0.3 is 0 Å². The highest BCUT2D eigenvalue weighted by atomic mass is 79.9. The predicted octanol–water partition coefficient (Wildman–Crippen LogP) is 5.86. The molecule has 0 saturated heterocycles. The smallest absolute Gasteiger partial charge is 0.0904 e. The van der Waals surface area contributed by atoms with Gasteiger partial charge in [0.25, 0.3) is 0 Å². The van der Waals surface area contributed by atoms with Crippen LogP contribution in [0.1, 0.15) is 4.88 Å². The maximum atomic E-state index is 3.71. The second-order valence-electron chi connectivity index (χ2n) is 5.07. The zero-order chi connectivity index (χ0) is 12.8. The van der Waals surface area contributed by atoms with Crippen molar-refractivity contribution < 1.29 is 0 Å². The lowest BCUT2D eigenvalue weighted by atomic mass is 10.4. The van der Waals surface area contributed by atoms with Crippen molar-refractivity contribution in [1.29, 1.82) is 0 Å². The molecule has 0 bridgehead atoms. The standard InChI is InChI=1S/C12H14Br2S2Si/c1-7-5-8(13)11(15-7)12-9(14)6-10(16-12)17(2,3)4/h5-6H,1-4H3. The molecule has 0 N–H and O–H groups in total. The molecule has 17 heavy (non-hydrogen) atoms. The van der Waals surface area contributed by atoms with Gasteiger partial charge in [0.2, 0.25) is 0 Å². The maximum Gasteiger partial charge on any atom is 0.0904 e. The van der Waals surface area contributed by atoms with Gasteiger partial charge in [-0.15, -0.1) is 22.7 Å². The van der Waals surface area contributed by atoms with Crippen LogP contribution in [0.5, 0.6) is 0 Å². The van der Waals surface area contributed by atoms with Crippen molar-refractivity contribution in [2.75, 3.05) is 0 Å². The van der Waals surface area contributed by atoms with Gasteiger partial charge in [-0.25, -0.2) is 0 Å². The number of thiophene rings is 2. The Kier molecular flexibility index (Phi) is 4.05. The normalized spacial score (nSPS) is 12.1. The molecule has 0 fully saturated rings. The lowest BCUT2D eigenvalue weighted by Crippen LogP contribution is -2.34. The summed E-state index contributed by atoms with van der Waals surface area (Å²) in [6.07, 6.45) is 0. The van der Waals surface area contributed by atoms with Crippen molar-refractivity contribution in [2.45, 2.75) is 26.6 Å². The molecular weight excluding hydrogens is 396 g/mol. The molecule has 0 amide bonds. The first-order chi connectivity index (χ1) is 7.79. The number of halogens is 2. The molecule has 0 atom stereocenters. The Morgan fingerprint density at radius 1 is 0.941 bits per heavy atom. The maximum absolute atomic E-state index is 3.71. The highest BCUT2D eigenvalue weighted by Gasteiger charge is 2.22. The van der Waals surface area contributed by atoms with Gasteiger partial charge >= 0.3 is 0 Å². The van der Waals surface area contributed by atoms with Crippen molar-refractivity contribution in [2.24, 2.45) is 0 Å². The SMILES string of the molecule is Cc1cc(Br)c(-c2sc([Si](C)(C)C)cc2Br)s1. The van der Waals surface area contributed by atoms with Gasteiger partial charge in [-0.2, -0.15) is 0 Å². The van der Waals surface area contributed by atoms with E-state index in [4.69, 9.17) is 0 Å². The van der Waals surface area contributed by atoms with Crippen molar-refractivity contribution in [3.63, 3.8) is 0 Å². The first-order valence-corrected chi connectivity index (χ1v) is 12.1. The van der Waals surface area contributed by atoms with E-state index in [0.29, 0.717) is 0 Å². The minimum absolute atomic E-state index is 1.21. The summed E-state index contributed by atoms with van der Waals surface area (Å²) in [5.74, 6) is 0. The molecule has 0 nitrogen and oxygen atoms in total. The molecule has 0 saturated carbocycles. The van der Waals surface area contributed by atoms with Crippen LogP contribution in [0.2, 0.25) is 19.6 Å². The van der Waals surface area contributed by atoms with Gasteiger partial charge in [0.15, 0.2) is 0 Å². The first kappa shape index (κ1) is 14.0. The fourth-order valence-electron chi connectivity index (χ4n) is 1.53. The van der Waals surface area contributed by atoms with E-state index in [9.17, 15) is 0 Å². The topological polar surface area (TPSA) is 0 Å². The zero-order valence-electron chi connectivity index (χ0n) is 10.2. The van der Waals surface area contributed by atoms with Crippen LogP contribution in [0.3, 0.4) is 0 Å². The number of aryl methyl sites for hydroxylation is 1. The Labute approximate surface area is 128 Å². The van der Waals surface area contributed by atoms with Crippen LogP contribution in [-0.4, -0.2) is 8.07 Å². The molecule has 0 spiro atoms. The van der Waals surface area contributed by atoms with E-state index in [2.05, 4.69) is 70.6 Å². The Morgan fingerprint density at radius 2 is 1.47 bits per heavy atom. The van der Waals surface area contributed by atoms with E-state index in [-0.39, 0.29) is 0 Å². The van der Waals surface area contributed by atoms with E-state index in [0.717, 1.165) is 0 Å². The van der Waals surface area contributed by atoms with Crippen LogP contribution in [0.25, 0.3) is 9.75 Å². The summed E-state index contributed by atoms with van der Waals surface area (Å²) in [7, 11) is -1.21. The van der Waals surface area contributed by atoms with Crippen LogP contribution < -0.4 is 4.50 Å². The second-order valence-corrected chi connectivity index (χ2v) is 14.5. The molecule has 92 valence electrons. The Balaban J connectivity index is 2.54. The number of hydrogen-bond acceptors (Lipinski definition) is 2.